The highest BCUT2D eigenvalue weighted by atomic mass is 32.2. The Hall–Kier alpha value is -1.45. The van der Waals surface area contributed by atoms with Crippen LogP contribution in [0.25, 0.3) is 0 Å². The number of hydrogen-bond donors (Lipinski definition) is 1. The topological polar surface area (TPSA) is 21.3 Å². The molecule has 0 aliphatic heterocycles. The van der Waals surface area contributed by atoms with Crippen LogP contribution in [0.4, 0.5) is 0 Å². The molecule has 2 aromatic carbocycles. The molecule has 3 heteroatoms. The standard InChI is InChI=1S/C16H19NOS/c1-17-13-14-7-5-6-10-16(14)18-11-12-19-15-8-3-2-4-9-15/h2-10,17H,11-13H2,1H3. The Morgan fingerprint density at radius 2 is 1.74 bits per heavy atom. The van der Waals surface area contributed by atoms with Gasteiger partial charge in [0.25, 0.3) is 0 Å². The van der Waals surface area contributed by atoms with Crippen LogP contribution in [0.1, 0.15) is 5.56 Å². The van der Waals surface area contributed by atoms with Crippen LogP contribution in [0.5, 0.6) is 5.75 Å². The van der Waals surface area contributed by atoms with Crippen LogP contribution in [0.15, 0.2) is 59.5 Å². The van der Waals surface area contributed by atoms with Crippen LogP contribution < -0.4 is 10.1 Å². The van der Waals surface area contributed by atoms with Crippen molar-refractivity contribution in [1.82, 2.24) is 5.32 Å². The van der Waals surface area contributed by atoms with Gasteiger partial charge in [-0.25, -0.2) is 0 Å². The second-order valence-corrected chi connectivity index (χ2v) is 5.32. The second kappa shape index (κ2) is 7.87. The van der Waals surface area contributed by atoms with Crippen molar-refractivity contribution >= 4 is 11.8 Å². The van der Waals surface area contributed by atoms with Gasteiger partial charge in [-0.05, 0) is 25.2 Å². The normalized spacial score (nSPS) is 10.4. The van der Waals surface area contributed by atoms with Crippen molar-refractivity contribution in [1.29, 1.82) is 0 Å². The van der Waals surface area contributed by atoms with Gasteiger partial charge >= 0.3 is 0 Å². The fraction of sp³-hybridized carbons (Fsp3) is 0.250. The summed E-state index contributed by atoms with van der Waals surface area (Å²) in [4.78, 5) is 1.29. The van der Waals surface area contributed by atoms with Gasteiger partial charge in [-0.2, -0.15) is 0 Å². The first-order valence-corrected chi connectivity index (χ1v) is 7.42. The predicted octanol–water partition coefficient (Wildman–Crippen LogP) is 3.58. The van der Waals surface area contributed by atoms with Crippen molar-refractivity contribution < 1.29 is 4.74 Å². The first kappa shape index (κ1) is 14.0. The van der Waals surface area contributed by atoms with E-state index in [1.165, 1.54) is 10.5 Å². The molecule has 2 aromatic rings. The molecule has 0 bridgehead atoms. The van der Waals surface area contributed by atoms with E-state index in [0.717, 1.165) is 24.7 Å². The number of para-hydroxylation sites is 1. The molecule has 0 unspecified atom stereocenters. The van der Waals surface area contributed by atoms with Gasteiger partial charge in [-0.15, -0.1) is 11.8 Å². The van der Waals surface area contributed by atoms with E-state index >= 15 is 0 Å². The average molecular weight is 273 g/mol. The van der Waals surface area contributed by atoms with Crippen molar-refractivity contribution in [2.45, 2.75) is 11.4 Å². The molecule has 2 rings (SSSR count). The summed E-state index contributed by atoms with van der Waals surface area (Å²) in [6.07, 6.45) is 0. The predicted molar refractivity (Wildman–Crippen MR) is 81.9 cm³/mol. The van der Waals surface area contributed by atoms with E-state index in [-0.39, 0.29) is 0 Å². The molecule has 19 heavy (non-hydrogen) atoms. The van der Waals surface area contributed by atoms with Gasteiger partial charge in [-0.3, -0.25) is 0 Å². The van der Waals surface area contributed by atoms with Crippen LogP contribution in [0, 0.1) is 0 Å². The summed E-state index contributed by atoms with van der Waals surface area (Å²) in [5.41, 5.74) is 1.20. The Morgan fingerprint density at radius 1 is 1.00 bits per heavy atom. The van der Waals surface area contributed by atoms with Gasteiger partial charge in [-0.1, -0.05) is 36.4 Å². The van der Waals surface area contributed by atoms with E-state index in [2.05, 4.69) is 35.6 Å². The summed E-state index contributed by atoms with van der Waals surface area (Å²) in [5, 5.41) is 3.16. The lowest BCUT2D eigenvalue weighted by Crippen LogP contribution is -2.08. The van der Waals surface area contributed by atoms with Crippen molar-refractivity contribution in [3.05, 3.63) is 60.2 Å². The van der Waals surface area contributed by atoms with Gasteiger partial charge < -0.3 is 10.1 Å². The summed E-state index contributed by atoms with van der Waals surface area (Å²) in [5.74, 6) is 1.93. The zero-order valence-electron chi connectivity index (χ0n) is 11.1. The third-order valence-electron chi connectivity index (χ3n) is 2.69. The molecule has 0 heterocycles. The molecular weight excluding hydrogens is 254 g/mol. The Kier molecular flexibility index (Phi) is 5.79. The lowest BCUT2D eigenvalue weighted by atomic mass is 10.2. The van der Waals surface area contributed by atoms with Crippen LogP contribution in [-0.2, 0) is 6.54 Å². The van der Waals surface area contributed by atoms with E-state index < -0.39 is 0 Å². The van der Waals surface area contributed by atoms with Crippen molar-refractivity contribution in [2.24, 2.45) is 0 Å². The molecule has 0 fully saturated rings. The van der Waals surface area contributed by atoms with Crippen LogP contribution in [-0.4, -0.2) is 19.4 Å². The third kappa shape index (κ3) is 4.62. The number of thioether (sulfide) groups is 1. The van der Waals surface area contributed by atoms with Crippen molar-refractivity contribution in [3.63, 3.8) is 0 Å². The molecule has 0 aliphatic rings. The maximum Gasteiger partial charge on any atom is 0.123 e. The summed E-state index contributed by atoms with van der Waals surface area (Å²) >= 11 is 1.82. The molecule has 0 aromatic heterocycles. The molecule has 0 amide bonds. The quantitative estimate of drug-likeness (QED) is 0.615. The summed E-state index contributed by atoms with van der Waals surface area (Å²) < 4.78 is 5.85. The Labute approximate surface area is 119 Å². The minimum atomic E-state index is 0.723. The monoisotopic (exact) mass is 273 g/mol. The zero-order chi connectivity index (χ0) is 13.3. The summed E-state index contributed by atoms with van der Waals surface area (Å²) in [6.45, 7) is 1.56. The molecule has 100 valence electrons. The van der Waals surface area contributed by atoms with Crippen molar-refractivity contribution in [2.75, 3.05) is 19.4 Å². The van der Waals surface area contributed by atoms with Crippen LogP contribution in [0.3, 0.4) is 0 Å². The van der Waals surface area contributed by atoms with Crippen LogP contribution in [0.2, 0.25) is 0 Å². The first-order chi connectivity index (χ1) is 9.40. The number of nitrogens with one attached hydrogen (secondary N) is 1. The van der Waals surface area contributed by atoms with Crippen molar-refractivity contribution in [3.8, 4) is 5.75 Å². The molecule has 0 radical (unpaired) electrons. The van der Waals surface area contributed by atoms with Gasteiger partial charge in [0.05, 0.1) is 6.61 Å². The Bertz CT molecular complexity index is 487. The highest BCUT2D eigenvalue weighted by Gasteiger charge is 2.01. The number of hydrogen-bond acceptors (Lipinski definition) is 3. The average Bonchev–Trinajstić information content (AvgIpc) is 2.47. The Morgan fingerprint density at radius 3 is 2.53 bits per heavy atom. The van der Waals surface area contributed by atoms with E-state index in [4.69, 9.17) is 4.74 Å². The molecule has 0 aliphatic carbocycles. The van der Waals surface area contributed by atoms with E-state index in [0.29, 0.717) is 0 Å². The maximum atomic E-state index is 5.85. The summed E-state index contributed by atoms with van der Waals surface area (Å²) in [6, 6.07) is 18.6. The van der Waals surface area contributed by atoms with Gasteiger partial charge in [0.15, 0.2) is 0 Å². The molecule has 0 saturated heterocycles. The molecule has 2 nitrogen and oxygen atoms in total. The number of ether oxygens (including phenoxy) is 1. The van der Waals surface area contributed by atoms with Gasteiger partial charge in [0.2, 0.25) is 0 Å². The lowest BCUT2D eigenvalue weighted by Gasteiger charge is -2.10. The molecular formula is C16H19NOS. The molecule has 1 N–H and O–H groups in total. The number of rotatable bonds is 7. The molecule has 0 saturated carbocycles. The highest BCUT2D eigenvalue weighted by molar-refractivity contribution is 7.99. The fourth-order valence-electron chi connectivity index (χ4n) is 1.81. The SMILES string of the molecule is CNCc1ccccc1OCCSc1ccccc1. The Balaban J connectivity index is 1.79. The highest BCUT2D eigenvalue weighted by Crippen LogP contribution is 2.20. The first-order valence-electron chi connectivity index (χ1n) is 6.43. The lowest BCUT2D eigenvalue weighted by molar-refractivity contribution is 0.339. The molecule has 0 spiro atoms. The van der Waals surface area contributed by atoms with E-state index in [9.17, 15) is 0 Å². The minimum Gasteiger partial charge on any atom is -0.492 e. The number of benzene rings is 2. The van der Waals surface area contributed by atoms with Crippen LogP contribution >= 0.6 is 11.8 Å². The summed E-state index contributed by atoms with van der Waals surface area (Å²) in [7, 11) is 1.95. The third-order valence-corrected chi connectivity index (χ3v) is 3.67. The molecule has 0 atom stereocenters. The minimum absolute atomic E-state index is 0.723. The van der Waals surface area contributed by atoms with Gasteiger partial charge in [0, 0.05) is 22.8 Å². The fourth-order valence-corrected chi connectivity index (χ4v) is 2.56. The van der Waals surface area contributed by atoms with E-state index in [1.807, 2.05) is 43.1 Å². The largest absolute Gasteiger partial charge is 0.492 e. The zero-order valence-corrected chi connectivity index (χ0v) is 12.0. The van der Waals surface area contributed by atoms with Gasteiger partial charge in [0.1, 0.15) is 5.75 Å². The van der Waals surface area contributed by atoms with E-state index in [1.54, 1.807) is 0 Å². The maximum absolute atomic E-state index is 5.85. The smallest absolute Gasteiger partial charge is 0.123 e. The second-order valence-electron chi connectivity index (χ2n) is 4.15.